The van der Waals surface area contributed by atoms with Crippen molar-refractivity contribution in [3.8, 4) is 0 Å². The van der Waals surface area contributed by atoms with E-state index in [4.69, 9.17) is 5.73 Å². The van der Waals surface area contributed by atoms with Crippen molar-refractivity contribution in [3.05, 3.63) is 27.3 Å². The molecule has 0 saturated heterocycles. The number of nitrogens with zero attached hydrogens (tertiary/aromatic N) is 2. The quantitative estimate of drug-likeness (QED) is 0.853. The number of anilines is 2. The summed E-state index contributed by atoms with van der Waals surface area (Å²) in [6.07, 6.45) is 2.20. The molecule has 2 rings (SSSR count). The standard InChI is InChI=1S/C11H13BrN4O2S2/c1-3-8-6(2)19-11(15-8)16-20(17,18)9-4-7(12)5-14-10(9)13/h4-5H,3H2,1-2H3,(H2,13,14)(H,15,16). The molecule has 0 radical (unpaired) electrons. The fourth-order valence-corrected chi connectivity index (χ4v) is 4.34. The normalized spacial score (nSPS) is 11.6. The van der Waals surface area contributed by atoms with Gasteiger partial charge in [-0.05, 0) is 35.3 Å². The van der Waals surface area contributed by atoms with Gasteiger partial charge in [0.1, 0.15) is 10.7 Å². The molecule has 0 amide bonds. The van der Waals surface area contributed by atoms with Crippen LogP contribution in [0.25, 0.3) is 0 Å². The zero-order chi connectivity index (χ0) is 14.9. The number of hydrogen-bond acceptors (Lipinski definition) is 6. The average Bonchev–Trinajstić information content (AvgIpc) is 2.71. The molecule has 108 valence electrons. The zero-order valence-corrected chi connectivity index (χ0v) is 14.1. The Morgan fingerprint density at radius 3 is 2.80 bits per heavy atom. The highest BCUT2D eigenvalue weighted by molar-refractivity contribution is 9.10. The first-order chi connectivity index (χ1) is 9.33. The van der Waals surface area contributed by atoms with Crippen LogP contribution in [-0.2, 0) is 16.4 Å². The first-order valence-corrected chi connectivity index (χ1v) is 8.83. The number of rotatable bonds is 4. The monoisotopic (exact) mass is 376 g/mol. The molecule has 2 aromatic heterocycles. The van der Waals surface area contributed by atoms with Gasteiger partial charge in [-0.15, -0.1) is 11.3 Å². The molecule has 0 saturated carbocycles. The third kappa shape index (κ3) is 3.10. The third-order valence-corrected chi connectivity index (χ3v) is 5.45. The fourth-order valence-electron chi connectivity index (χ4n) is 1.62. The maximum Gasteiger partial charge on any atom is 0.267 e. The molecule has 0 unspecified atom stereocenters. The summed E-state index contributed by atoms with van der Waals surface area (Å²) < 4.78 is 27.6. The van der Waals surface area contributed by atoms with Gasteiger partial charge >= 0.3 is 0 Å². The zero-order valence-electron chi connectivity index (χ0n) is 10.8. The molecule has 0 spiro atoms. The number of nitrogen functional groups attached to an aromatic ring is 1. The van der Waals surface area contributed by atoms with Crippen LogP contribution in [0.1, 0.15) is 17.5 Å². The van der Waals surface area contributed by atoms with Gasteiger partial charge in [0.25, 0.3) is 10.0 Å². The van der Waals surface area contributed by atoms with Crippen molar-refractivity contribution in [1.82, 2.24) is 9.97 Å². The van der Waals surface area contributed by atoms with Crippen LogP contribution in [0.2, 0.25) is 0 Å². The summed E-state index contributed by atoms with van der Waals surface area (Å²) in [4.78, 5) is 8.99. The molecule has 3 N–H and O–H groups in total. The van der Waals surface area contributed by atoms with Crippen LogP contribution in [0.4, 0.5) is 10.9 Å². The van der Waals surface area contributed by atoms with E-state index < -0.39 is 10.0 Å². The van der Waals surface area contributed by atoms with Crippen LogP contribution >= 0.6 is 27.3 Å². The van der Waals surface area contributed by atoms with Gasteiger partial charge in [-0.2, -0.15) is 0 Å². The highest BCUT2D eigenvalue weighted by atomic mass is 79.9. The van der Waals surface area contributed by atoms with Gasteiger partial charge < -0.3 is 5.73 Å². The van der Waals surface area contributed by atoms with Gasteiger partial charge in [0.15, 0.2) is 5.13 Å². The van der Waals surface area contributed by atoms with Crippen molar-refractivity contribution < 1.29 is 8.42 Å². The Morgan fingerprint density at radius 1 is 1.50 bits per heavy atom. The molecule has 0 aliphatic heterocycles. The minimum absolute atomic E-state index is 0.0512. The molecular weight excluding hydrogens is 364 g/mol. The Morgan fingerprint density at radius 2 is 2.20 bits per heavy atom. The Labute approximate surface area is 129 Å². The number of nitrogens with two attached hydrogens (primary N) is 1. The number of sulfonamides is 1. The van der Waals surface area contributed by atoms with E-state index in [0.29, 0.717) is 9.60 Å². The Hall–Kier alpha value is -1.19. The summed E-state index contributed by atoms with van der Waals surface area (Å²) in [5, 5.41) is 0.332. The van der Waals surface area contributed by atoms with Crippen molar-refractivity contribution in [2.75, 3.05) is 10.5 Å². The van der Waals surface area contributed by atoms with E-state index in [1.54, 1.807) is 0 Å². The Bertz CT molecular complexity index is 743. The number of aromatic nitrogens is 2. The highest BCUT2D eigenvalue weighted by Gasteiger charge is 2.21. The van der Waals surface area contributed by atoms with E-state index in [0.717, 1.165) is 17.0 Å². The molecule has 0 bridgehead atoms. The van der Waals surface area contributed by atoms with E-state index in [9.17, 15) is 8.42 Å². The molecule has 0 fully saturated rings. The van der Waals surface area contributed by atoms with Gasteiger partial charge in [-0.3, -0.25) is 4.72 Å². The summed E-state index contributed by atoms with van der Waals surface area (Å²) in [6, 6.07) is 1.41. The Balaban J connectivity index is 2.37. The van der Waals surface area contributed by atoms with Crippen LogP contribution in [0.5, 0.6) is 0 Å². The lowest BCUT2D eigenvalue weighted by molar-refractivity contribution is 0.601. The number of halogens is 1. The molecule has 2 aromatic rings. The van der Waals surface area contributed by atoms with E-state index in [1.807, 2.05) is 13.8 Å². The van der Waals surface area contributed by atoms with Crippen LogP contribution < -0.4 is 10.5 Å². The van der Waals surface area contributed by atoms with E-state index in [2.05, 4.69) is 30.6 Å². The predicted octanol–water partition coefficient (Wildman–Crippen LogP) is 2.55. The molecular formula is C11H13BrN4O2S2. The number of hydrogen-bond donors (Lipinski definition) is 2. The van der Waals surface area contributed by atoms with Gasteiger partial charge in [-0.1, -0.05) is 6.92 Å². The summed E-state index contributed by atoms with van der Waals surface area (Å²) in [6.45, 7) is 3.87. The molecule has 2 heterocycles. The molecule has 9 heteroatoms. The lowest BCUT2D eigenvalue weighted by atomic mass is 10.3. The summed E-state index contributed by atoms with van der Waals surface area (Å²) in [7, 11) is -3.80. The molecule has 6 nitrogen and oxygen atoms in total. The summed E-state index contributed by atoms with van der Waals surface area (Å²) >= 11 is 4.47. The molecule has 0 atom stereocenters. The van der Waals surface area contributed by atoms with E-state index in [1.165, 1.54) is 23.6 Å². The fraction of sp³-hybridized carbons (Fsp3) is 0.273. The van der Waals surface area contributed by atoms with Gasteiger partial charge in [0.05, 0.1) is 5.69 Å². The minimum Gasteiger partial charge on any atom is -0.383 e. The lowest BCUT2D eigenvalue weighted by Gasteiger charge is -2.07. The third-order valence-electron chi connectivity index (χ3n) is 2.59. The topological polar surface area (TPSA) is 98.0 Å². The first-order valence-electron chi connectivity index (χ1n) is 5.73. The highest BCUT2D eigenvalue weighted by Crippen LogP contribution is 2.27. The number of nitrogens with one attached hydrogen (secondary N) is 1. The van der Waals surface area contributed by atoms with E-state index in [-0.39, 0.29) is 10.7 Å². The van der Waals surface area contributed by atoms with Crippen molar-refractivity contribution in [1.29, 1.82) is 0 Å². The lowest BCUT2D eigenvalue weighted by Crippen LogP contribution is -2.15. The van der Waals surface area contributed by atoms with Crippen molar-refractivity contribution >= 4 is 48.2 Å². The maximum atomic E-state index is 12.3. The summed E-state index contributed by atoms with van der Waals surface area (Å²) in [5.74, 6) is -0.0512. The molecule has 0 aliphatic rings. The van der Waals surface area contributed by atoms with Gasteiger partial charge in [0.2, 0.25) is 0 Å². The smallest absolute Gasteiger partial charge is 0.267 e. The van der Waals surface area contributed by atoms with Crippen LogP contribution in [0.3, 0.4) is 0 Å². The maximum absolute atomic E-state index is 12.3. The largest absolute Gasteiger partial charge is 0.383 e. The number of pyridine rings is 1. The Kier molecular flexibility index (Phi) is 4.31. The molecule has 0 aliphatic carbocycles. The molecule has 0 aromatic carbocycles. The van der Waals surface area contributed by atoms with Gasteiger partial charge in [-0.25, -0.2) is 18.4 Å². The van der Waals surface area contributed by atoms with Crippen molar-refractivity contribution in [2.45, 2.75) is 25.2 Å². The SMILES string of the molecule is CCc1nc(NS(=O)(=O)c2cc(Br)cnc2N)sc1C. The summed E-state index contributed by atoms with van der Waals surface area (Å²) in [5.41, 5.74) is 6.50. The number of aryl methyl sites for hydroxylation is 2. The second-order valence-corrected chi connectivity index (χ2v) is 7.79. The number of thiazole rings is 1. The minimum atomic E-state index is -3.80. The van der Waals surface area contributed by atoms with Crippen LogP contribution in [0, 0.1) is 6.92 Å². The second-order valence-electron chi connectivity index (χ2n) is 4.02. The predicted molar refractivity (Wildman–Crippen MR) is 83.4 cm³/mol. The molecule has 20 heavy (non-hydrogen) atoms. The van der Waals surface area contributed by atoms with Gasteiger partial charge in [0, 0.05) is 15.5 Å². The van der Waals surface area contributed by atoms with Crippen molar-refractivity contribution in [3.63, 3.8) is 0 Å². The van der Waals surface area contributed by atoms with Crippen LogP contribution in [0.15, 0.2) is 21.6 Å². The van der Waals surface area contributed by atoms with Crippen LogP contribution in [-0.4, -0.2) is 18.4 Å². The first kappa shape index (κ1) is 15.2. The van der Waals surface area contributed by atoms with E-state index >= 15 is 0 Å². The second kappa shape index (κ2) is 5.66. The average molecular weight is 377 g/mol. The van der Waals surface area contributed by atoms with Crippen molar-refractivity contribution in [2.24, 2.45) is 0 Å².